The van der Waals surface area contributed by atoms with Crippen molar-refractivity contribution in [3.8, 4) is 0 Å². The minimum Gasteiger partial charge on any atom is -0.336 e. The van der Waals surface area contributed by atoms with Crippen LogP contribution in [0.5, 0.6) is 0 Å². The first-order chi connectivity index (χ1) is 10.7. The molecular weight excluding hydrogens is 274 g/mol. The monoisotopic (exact) mass is 303 g/mol. The third kappa shape index (κ3) is 4.31. The number of nitrogens with zero attached hydrogens (tertiary/aromatic N) is 3. The van der Waals surface area contributed by atoms with Gasteiger partial charge in [0.15, 0.2) is 0 Å². The van der Waals surface area contributed by atoms with E-state index in [1.54, 1.807) is 0 Å². The molecule has 1 aliphatic heterocycles. The Morgan fingerprint density at radius 1 is 1.00 bits per heavy atom. The molecule has 0 saturated carbocycles. The van der Waals surface area contributed by atoms with Crippen LogP contribution in [0.3, 0.4) is 0 Å². The smallest absolute Gasteiger partial charge is 0.253 e. The number of carbonyl (C=O) groups excluding carboxylic acids is 1. The average molecular weight is 303 g/mol. The molecule has 2 rings (SSSR count). The second kappa shape index (κ2) is 8.30. The van der Waals surface area contributed by atoms with Gasteiger partial charge in [0.1, 0.15) is 0 Å². The summed E-state index contributed by atoms with van der Waals surface area (Å²) >= 11 is 0. The second-order valence-electron chi connectivity index (χ2n) is 5.88. The summed E-state index contributed by atoms with van der Waals surface area (Å²) in [5.41, 5.74) is 2.09. The van der Waals surface area contributed by atoms with Crippen molar-refractivity contribution < 1.29 is 4.79 Å². The van der Waals surface area contributed by atoms with E-state index in [0.717, 1.165) is 57.9 Å². The van der Waals surface area contributed by atoms with Gasteiger partial charge in [0, 0.05) is 38.3 Å². The SMILES string of the molecule is CCN1CCN(C(=O)c2ccc(CN(CC)CC)cc2)CC1. The van der Waals surface area contributed by atoms with Crippen molar-refractivity contribution in [2.45, 2.75) is 27.3 Å². The number of amides is 1. The summed E-state index contributed by atoms with van der Waals surface area (Å²) in [4.78, 5) is 19.3. The lowest BCUT2D eigenvalue weighted by Gasteiger charge is -2.34. The molecule has 1 saturated heterocycles. The second-order valence-corrected chi connectivity index (χ2v) is 5.88. The molecule has 0 bridgehead atoms. The molecule has 1 aliphatic rings. The van der Waals surface area contributed by atoms with Crippen LogP contribution >= 0.6 is 0 Å². The quantitative estimate of drug-likeness (QED) is 0.807. The average Bonchev–Trinajstić information content (AvgIpc) is 2.59. The Morgan fingerprint density at radius 3 is 2.09 bits per heavy atom. The molecular formula is C18H29N3O. The van der Waals surface area contributed by atoms with Gasteiger partial charge in [-0.1, -0.05) is 32.9 Å². The number of rotatable bonds is 6. The number of hydrogen-bond acceptors (Lipinski definition) is 3. The van der Waals surface area contributed by atoms with E-state index >= 15 is 0 Å². The van der Waals surface area contributed by atoms with Crippen LogP contribution in [0.2, 0.25) is 0 Å². The zero-order valence-corrected chi connectivity index (χ0v) is 14.2. The van der Waals surface area contributed by atoms with E-state index in [1.165, 1.54) is 5.56 Å². The van der Waals surface area contributed by atoms with Gasteiger partial charge >= 0.3 is 0 Å². The summed E-state index contributed by atoms with van der Waals surface area (Å²) in [7, 11) is 0. The van der Waals surface area contributed by atoms with Crippen molar-refractivity contribution in [3.63, 3.8) is 0 Å². The Labute approximate surface area is 134 Å². The Kier molecular flexibility index (Phi) is 6.40. The lowest BCUT2D eigenvalue weighted by Crippen LogP contribution is -2.48. The summed E-state index contributed by atoms with van der Waals surface area (Å²) in [5.74, 6) is 0.171. The van der Waals surface area contributed by atoms with Gasteiger partial charge < -0.3 is 9.80 Å². The van der Waals surface area contributed by atoms with Crippen LogP contribution in [0.25, 0.3) is 0 Å². The molecule has 0 spiro atoms. The molecule has 122 valence electrons. The van der Waals surface area contributed by atoms with Crippen LogP contribution < -0.4 is 0 Å². The van der Waals surface area contributed by atoms with Crippen molar-refractivity contribution in [1.29, 1.82) is 0 Å². The molecule has 0 aromatic heterocycles. The lowest BCUT2D eigenvalue weighted by atomic mass is 10.1. The van der Waals surface area contributed by atoms with Crippen molar-refractivity contribution in [2.75, 3.05) is 45.8 Å². The summed E-state index contributed by atoms with van der Waals surface area (Å²) in [6, 6.07) is 8.14. The predicted molar refractivity (Wildman–Crippen MR) is 91.1 cm³/mol. The molecule has 1 aromatic rings. The summed E-state index contributed by atoms with van der Waals surface area (Å²) in [5, 5.41) is 0. The van der Waals surface area contributed by atoms with E-state index in [4.69, 9.17) is 0 Å². The van der Waals surface area contributed by atoms with Crippen LogP contribution in [0.15, 0.2) is 24.3 Å². The number of benzene rings is 1. The van der Waals surface area contributed by atoms with Gasteiger partial charge in [-0.2, -0.15) is 0 Å². The first-order valence-corrected chi connectivity index (χ1v) is 8.50. The molecule has 4 nitrogen and oxygen atoms in total. The molecule has 0 N–H and O–H groups in total. The zero-order valence-electron chi connectivity index (χ0n) is 14.2. The van der Waals surface area contributed by atoms with E-state index in [0.29, 0.717) is 0 Å². The van der Waals surface area contributed by atoms with Crippen LogP contribution in [-0.2, 0) is 6.54 Å². The third-order valence-corrected chi connectivity index (χ3v) is 4.61. The maximum atomic E-state index is 12.5. The molecule has 1 fully saturated rings. The Morgan fingerprint density at radius 2 is 1.59 bits per heavy atom. The predicted octanol–water partition coefficient (Wildman–Crippen LogP) is 2.31. The zero-order chi connectivity index (χ0) is 15.9. The fraction of sp³-hybridized carbons (Fsp3) is 0.611. The minimum absolute atomic E-state index is 0.171. The van der Waals surface area contributed by atoms with Crippen molar-refractivity contribution in [2.24, 2.45) is 0 Å². The van der Waals surface area contributed by atoms with E-state index in [9.17, 15) is 4.79 Å². The van der Waals surface area contributed by atoms with Crippen LogP contribution in [0.4, 0.5) is 0 Å². The van der Waals surface area contributed by atoms with Crippen LogP contribution in [-0.4, -0.2) is 66.4 Å². The molecule has 0 aliphatic carbocycles. The van der Waals surface area contributed by atoms with Crippen molar-refractivity contribution in [3.05, 3.63) is 35.4 Å². The molecule has 22 heavy (non-hydrogen) atoms. The van der Waals surface area contributed by atoms with E-state index in [2.05, 4.69) is 42.7 Å². The minimum atomic E-state index is 0.171. The Bertz CT molecular complexity index is 460. The molecule has 1 aromatic carbocycles. The number of piperazine rings is 1. The summed E-state index contributed by atoms with van der Waals surface area (Å²) < 4.78 is 0. The summed E-state index contributed by atoms with van der Waals surface area (Å²) in [6.07, 6.45) is 0. The Hall–Kier alpha value is -1.39. The van der Waals surface area contributed by atoms with Gasteiger partial charge in [0.05, 0.1) is 0 Å². The van der Waals surface area contributed by atoms with Gasteiger partial charge in [0.2, 0.25) is 0 Å². The number of likely N-dealkylation sites (N-methyl/N-ethyl adjacent to an activating group) is 1. The van der Waals surface area contributed by atoms with Gasteiger partial charge in [-0.3, -0.25) is 9.69 Å². The number of hydrogen-bond donors (Lipinski definition) is 0. The third-order valence-electron chi connectivity index (χ3n) is 4.61. The van der Waals surface area contributed by atoms with Gasteiger partial charge in [-0.25, -0.2) is 0 Å². The highest BCUT2D eigenvalue weighted by atomic mass is 16.2. The molecule has 1 amide bonds. The first-order valence-electron chi connectivity index (χ1n) is 8.50. The standard InChI is InChI=1S/C18H29N3O/c1-4-19(5-2)15-16-7-9-17(10-8-16)18(22)21-13-11-20(6-3)12-14-21/h7-10H,4-6,11-15H2,1-3H3. The normalized spacial score (nSPS) is 16.3. The van der Waals surface area contributed by atoms with E-state index in [1.807, 2.05) is 17.0 Å². The van der Waals surface area contributed by atoms with E-state index < -0.39 is 0 Å². The fourth-order valence-electron chi connectivity index (χ4n) is 2.91. The molecule has 0 radical (unpaired) electrons. The van der Waals surface area contributed by atoms with Crippen molar-refractivity contribution >= 4 is 5.91 Å². The highest BCUT2D eigenvalue weighted by Gasteiger charge is 2.21. The first kappa shape index (κ1) is 17.0. The van der Waals surface area contributed by atoms with Gasteiger partial charge in [-0.15, -0.1) is 0 Å². The molecule has 0 unspecified atom stereocenters. The van der Waals surface area contributed by atoms with Crippen LogP contribution in [0, 0.1) is 0 Å². The maximum Gasteiger partial charge on any atom is 0.253 e. The number of carbonyl (C=O) groups is 1. The van der Waals surface area contributed by atoms with Crippen molar-refractivity contribution in [1.82, 2.24) is 14.7 Å². The highest BCUT2D eigenvalue weighted by Crippen LogP contribution is 2.12. The van der Waals surface area contributed by atoms with E-state index in [-0.39, 0.29) is 5.91 Å². The summed E-state index contributed by atoms with van der Waals surface area (Å²) in [6.45, 7) is 14.3. The highest BCUT2D eigenvalue weighted by molar-refractivity contribution is 5.94. The molecule has 0 atom stereocenters. The Balaban J connectivity index is 1.94. The van der Waals surface area contributed by atoms with Gasteiger partial charge in [0.25, 0.3) is 5.91 Å². The lowest BCUT2D eigenvalue weighted by molar-refractivity contribution is 0.0643. The topological polar surface area (TPSA) is 26.8 Å². The fourth-order valence-corrected chi connectivity index (χ4v) is 2.91. The largest absolute Gasteiger partial charge is 0.336 e. The maximum absolute atomic E-state index is 12.5. The van der Waals surface area contributed by atoms with Gasteiger partial charge in [-0.05, 0) is 37.3 Å². The molecule has 1 heterocycles. The van der Waals surface area contributed by atoms with Crippen LogP contribution in [0.1, 0.15) is 36.7 Å². The molecule has 4 heteroatoms.